The average Bonchev–Trinajstić information content (AvgIpc) is 3.48. The van der Waals surface area contributed by atoms with Gasteiger partial charge in [0.1, 0.15) is 6.04 Å². The minimum Gasteiger partial charge on any atom is -0.467 e. The molecule has 2 heterocycles. The third kappa shape index (κ3) is 5.52. The molecule has 5 rings (SSSR count). The first-order valence-electron chi connectivity index (χ1n) is 12.0. The van der Waals surface area contributed by atoms with Crippen molar-refractivity contribution < 1.29 is 14.3 Å². The minimum atomic E-state index is -0.946. The highest BCUT2D eigenvalue weighted by Crippen LogP contribution is 2.33. The molecule has 3 aromatic carbocycles. The van der Waals surface area contributed by atoms with Crippen molar-refractivity contribution >= 4 is 57.6 Å². The largest absolute Gasteiger partial charge is 0.467 e. The van der Waals surface area contributed by atoms with Crippen molar-refractivity contribution in [3.05, 3.63) is 105 Å². The Hall–Kier alpha value is -3.78. The number of hydrogen-bond donors (Lipinski definition) is 2. The number of halogens is 3. The molecule has 0 saturated carbocycles. The molecule has 5 aromatic rings. The molecule has 39 heavy (non-hydrogen) atoms. The van der Waals surface area contributed by atoms with Gasteiger partial charge in [0, 0.05) is 38.8 Å². The topological polar surface area (TPSA) is 89.0 Å². The van der Waals surface area contributed by atoms with Crippen molar-refractivity contribution in [2.24, 2.45) is 0 Å². The second-order valence-electron chi connectivity index (χ2n) is 8.97. The van der Waals surface area contributed by atoms with Crippen LogP contribution in [0, 0.1) is 6.92 Å². The number of hydrogen-bond acceptors (Lipinski definition) is 4. The molecular formula is C29H23Cl3N4O3. The van der Waals surface area contributed by atoms with E-state index in [1.165, 1.54) is 7.11 Å². The quantitative estimate of drug-likeness (QED) is 0.207. The zero-order valence-corrected chi connectivity index (χ0v) is 23.2. The Balaban J connectivity index is 1.53. The van der Waals surface area contributed by atoms with Crippen LogP contribution in [0.3, 0.4) is 0 Å². The average molecular weight is 582 g/mol. The lowest BCUT2D eigenvalue weighted by Gasteiger charge is -2.15. The Morgan fingerprint density at radius 1 is 1.00 bits per heavy atom. The maximum Gasteiger partial charge on any atom is 0.328 e. The highest BCUT2D eigenvalue weighted by molar-refractivity contribution is 6.35. The van der Waals surface area contributed by atoms with Crippen LogP contribution in [0.15, 0.2) is 72.8 Å². The molecule has 0 radical (unpaired) electrons. The first-order valence-corrected chi connectivity index (χ1v) is 13.1. The number of nitrogens with zero attached hydrogens (tertiary/aromatic N) is 2. The maximum atomic E-state index is 13.6. The van der Waals surface area contributed by atoms with E-state index in [-0.39, 0.29) is 12.1 Å². The number of aromatic nitrogens is 3. The summed E-state index contributed by atoms with van der Waals surface area (Å²) < 4.78 is 6.59. The third-order valence-electron chi connectivity index (χ3n) is 6.39. The molecule has 0 bridgehead atoms. The smallest absolute Gasteiger partial charge is 0.328 e. The summed E-state index contributed by atoms with van der Waals surface area (Å²) >= 11 is 18.8. The van der Waals surface area contributed by atoms with Gasteiger partial charge in [0.25, 0.3) is 5.91 Å². The van der Waals surface area contributed by atoms with Crippen LogP contribution < -0.4 is 5.32 Å². The van der Waals surface area contributed by atoms with Crippen LogP contribution in [0.4, 0.5) is 0 Å². The third-order valence-corrected chi connectivity index (χ3v) is 7.18. The van der Waals surface area contributed by atoms with Crippen molar-refractivity contribution in [1.82, 2.24) is 20.1 Å². The number of H-pyrrole nitrogens is 1. The second kappa shape index (κ2) is 11.1. The van der Waals surface area contributed by atoms with Gasteiger partial charge in [-0.1, -0.05) is 65.1 Å². The fourth-order valence-corrected chi connectivity index (χ4v) is 5.13. The summed E-state index contributed by atoms with van der Waals surface area (Å²) in [6.45, 7) is 1.79. The van der Waals surface area contributed by atoms with E-state index < -0.39 is 17.9 Å². The van der Waals surface area contributed by atoms with Gasteiger partial charge in [-0.2, -0.15) is 5.10 Å². The van der Waals surface area contributed by atoms with Crippen molar-refractivity contribution in [2.75, 3.05) is 7.11 Å². The van der Waals surface area contributed by atoms with Crippen LogP contribution in [0.25, 0.3) is 27.8 Å². The molecule has 10 heteroatoms. The molecular weight excluding hydrogens is 559 g/mol. The van der Waals surface area contributed by atoms with Gasteiger partial charge in [-0.15, -0.1) is 0 Å². The number of aromatic amines is 1. The van der Waals surface area contributed by atoms with Gasteiger partial charge in [0.15, 0.2) is 5.69 Å². The predicted molar refractivity (Wildman–Crippen MR) is 154 cm³/mol. The Bertz CT molecular complexity index is 1660. The summed E-state index contributed by atoms with van der Waals surface area (Å²) in [5, 5.41) is 9.85. The molecule has 0 spiro atoms. The summed E-state index contributed by atoms with van der Waals surface area (Å²) in [4.78, 5) is 29.6. The normalized spacial score (nSPS) is 11.9. The summed E-state index contributed by atoms with van der Waals surface area (Å²) in [7, 11) is 1.29. The molecule has 1 atom stereocenters. The Kier molecular flexibility index (Phi) is 7.66. The van der Waals surface area contributed by atoms with Gasteiger partial charge in [0.2, 0.25) is 0 Å². The fourth-order valence-electron chi connectivity index (χ4n) is 4.51. The Morgan fingerprint density at radius 3 is 2.41 bits per heavy atom. The summed E-state index contributed by atoms with van der Waals surface area (Å²) in [5.41, 5.74) is 4.40. The van der Waals surface area contributed by atoms with E-state index in [0.717, 1.165) is 22.2 Å². The number of ether oxygens (including phenoxy) is 1. The maximum absolute atomic E-state index is 13.6. The van der Waals surface area contributed by atoms with Crippen LogP contribution in [0.2, 0.25) is 15.1 Å². The monoisotopic (exact) mass is 580 g/mol. The number of para-hydroxylation sites is 1. The van der Waals surface area contributed by atoms with E-state index in [0.29, 0.717) is 32.0 Å². The second-order valence-corrected chi connectivity index (χ2v) is 10.3. The number of carbonyl (C=O) groups is 2. The molecule has 0 saturated heterocycles. The molecule has 0 unspecified atom stereocenters. The summed E-state index contributed by atoms with van der Waals surface area (Å²) in [5.74, 6) is -1.10. The Morgan fingerprint density at radius 2 is 1.72 bits per heavy atom. The number of carbonyl (C=O) groups excluding carboxylic acids is 2. The van der Waals surface area contributed by atoms with Crippen molar-refractivity contribution in [2.45, 2.75) is 19.4 Å². The lowest BCUT2D eigenvalue weighted by molar-refractivity contribution is -0.142. The van der Waals surface area contributed by atoms with Gasteiger partial charge < -0.3 is 15.0 Å². The van der Waals surface area contributed by atoms with Crippen LogP contribution in [0.5, 0.6) is 0 Å². The van der Waals surface area contributed by atoms with Gasteiger partial charge in [-0.05, 0) is 54.8 Å². The van der Waals surface area contributed by atoms with Crippen molar-refractivity contribution in [3.8, 4) is 16.9 Å². The first-order chi connectivity index (χ1) is 18.7. The van der Waals surface area contributed by atoms with E-state index in [1.807, 2.05) is 42.5 Å². The number of benzene rings is 3. The molecule has 7 nitrogen and oxygen atoms in total. The van der Waals surface area contributed by atoms with E-state index in [9.17, 15) is 9.59 Å². The SMILES string of the molecule is COC(=O)[C@@H](Cc1cc2ccccc2[nH]1)NC(=O)c1nn(-c2ccc(Cl)cc2Cl)c(-c2ccc(Cl)cc2)c1C. The number of amides is 1. The molecule has 0 aliphatic rings. The summed E-state index contributed by atoms with van der Waals surface area (Å²) in [6, 6.07) is 21.0. The van der Waals surface area contributed by atoms with Crippen LogP contribution in [-0.4, -0.2) is 39.8 Å². The number of nitrogens with one attached hydrogen (secondary N) is 2. The fraction of sp³-hybridized carbons (Fsp3) is 0.138. The highest BCUT2D eigenvalue weighted by Gasteiger charge is 2.28. The standard InChI is InChI=1S/C29H23Cl3N4O3/c1-16-26(28(37)34-24(29(38)39-2)15-21-13-18-5-3-4-6-23(18)33-21)35-36(25-12-11-20(31)14-22(25)32)27(16)17-7-9-19(30)10-8-17/h3-14,24,33H,15H2,1-2H3,(H,34,37)/t24-/m1/s1. The van der Waals surface area contributed by atoms with E-state index in [4.69, 9.17) is 39.5 Å². The predicted octanol–water partition coefficient (Wildman–Crippen LogP) is 6.80. The van der Waals surface area contributed by atoms with Gasteiger partial charge in [0.05, 0.1) is 23.5 Å². The number of fused-ring (bicyclic) bond motifs is 1. The lowest BCUT2D eigenvalue weighted by atomic mass is 10.1. The molecule has 2 N–H and O–H groups in total. The molecule has 0 fully saturated rings. The minimum absolute atomic E-state index is 0.136. The number of rotatable bonds is 7. The number of esters is 1. The lowest BCUT2D eigenvalue weighted by Crippen LogP contribution is -2.43. The van der Waals surface area contributed by atoms with Crippen molar-refractivity contribution in [3.63, 3.8) is 0 Å². The van der Waals surface area contributed by atoms with Crippen molar-refractivity contribution in [1.29, 1.82) is 0 Å². The van der Waals surface area contributed by atoms with Gasteiger partial charge >= 0.3 is 5.97 Å². The highest BCUT2D eigenvalue weighted by atomic mass is 35.5. The molecule has 0 aliphatic heterocycles. The van der Waals surface area contributed by atoms with E-state index in [2.05, 4.69) is 15.4 Å². The zero-order valence-electron chi connectivity index (χ0n) is 21.0. The molecule has 1 amide bonds. The number of methoxy groups -OCH3 is 1. The zero-order chi connectivity index (χ0) is 27.7. The van der Waals surface area contributed by atoms with Gasteiger partial charge in [-0.3, -0.25) is 4.79 Å². The molecule has 2 aromatic heterocycles. The van der Waals surface area contributed by atoms with Crippen LogP contribution in [-0.2, 0) is 16.0 Å². The van der Waals surface area contributed by atoms with E-state index in [1.54, 1.807) is 41.9 Å². The van der Waals surface area contributed by atoms with Crippen LogP contribution >= 0.6 is 34.8 Å². The van der Waals surface area contributed by atoms with E-state index >= 15 is 0 Å². The first kappa shape index (κ1) is 26.8. The molecule has 0 aliphatic carbocycles. The van der Waals surface area contributed by atoms with Crippen LogP contribution in [0.1, 0.15) is 21.7 Å². The van der Waals surface area contributed by atoms with Gasteiger partial charge in [-0.25, -0.2) is 9.48 Å². The Labute approximate surface area is 239 Å². The molecule has 198 valence electrons. The summed E-state index contributed by atoms with van der Waals surface area (Å²) in [6.07, 6.45) is 0.208.